The molecule has 24 heavy (non-hydrogen) atoms. The van der Waals surface area contributed by atoms with Gasteiger partial charge in [-0.05, 0) is 32.9 Å². The molecule has 0 aromatic rings. The summed E-state index contributed by atoms with van der Waals surface area (Å²) in [5.41, 5.74) is 0. The molecule has 0 aliphatic carbocycles. The molecular weight excluding hydrogens is 306 g/mol. The smallest absolute Gasteiger partial charge is 0.409 e. The largest absolute Gasteiger partial charge is 0.450 e. The van der Waals surface area contributed by atoms with Crippen molar-refractivity contribution in [1.82, 2.24) is 20.0 Å². The van der Waals surface area contributed by atoms with Crippen molar-refractivity contribution in [1.29, 1.82) is 0 Å². The maximum absolute atomic E-state index is 11.8. The number of piperazine rings is 1. The Kier molecular flexibility index (Phi) is 8.15. The Balaban J connectivity index is 1.69. The van der Waals surface area contributed by atoms with Gasteiger partial charge in [0, 0.05) is 46.3 Å². The van der Waals surface area contributed by atoms with Crippen LogP contribution in [0.15, 0.2) is 4.99 Å². The Morgan fingerprint density at radius 3 is 2.21 bits per heavy atom. The average molecular weight is 339 g/mol. The molecule has 0 bridgehead atoms. The molecule has 7 nitrogen and oxygen atoms in total. The van der Waals surface area contributed by atoms with E-state index in [4.69, 9.17) is 4.74 Å². The van der Waals surface area contributed by atoms with Gasteiger partial charge in [0.05, 0.1) is 6.61 Å². The Labute approximate surface area is 146 Å². The number of nitrogens with zero attached hydrogens (tertiary/aromatic N) is 4. The molecule has 2 heterocycles. The van der Waals surface area contributed by atoms with Crippen molar-refractivity contribution in [2.45, 2.75) is 32.6 Å². The lowest BCUT2D eigenvalue weighted by Gasteiger charge is -2.36. The second-order valence-electron chi connectivity index (χ2n) is 6.40. The van der Waals surface area contributed by atoms with E-state index in [2.05, 4.69) is 20.1 Å². The van der Waals surface area contributed by atoms with E-state index in [9.17, 15) is 4.79 Å². The molecule has 0 aromatic heterocycles. The van der Waals surface area contributed by atoms with Gasteiger partial charge in [-0.2, -0.15) is 0 Å². The molecule has 2 aliphatic rings. The summed E-state index contributed by atoms with van der Waals surface area (Å²) in [4.78, 5) is 22.7. The summed E-state index contributed by atoms with van der Waals surface area (Å²) in [5, 5.41) is 3.48. The summed E-state index contributed by atoms with van der Waals surface area (Å²) >= 11 is 0. The number of hydrogen-bond donors (Lipinski definition) is 1. The van der Waals surface area contributed by atoms with Crippen LogP contribution in [0.25, 0.3) is 0 Å². The molecule has 0 atom stereocenters. The van der Waals surface area contributed by atoms with Gasteiger partial charge in [-0.25, -0.2) is 4.79 Å². The standard InChI is InChI=1S/C17H33N5O2/c1-3-24-17(23)22-14-12-21(13-15-22)16(18-2)19-8-11-20-9-6-4-5-7-10-20/h3-15H2,1-2H3,(H,18,19). The number of carbonyl (C=O) groups excluding carboxylic acids is 1. The van der Waals surface area contributed by atoms with Crippen molar-refractivity contribution in [3.8, 4) is 0 Å². The molecule has 138 valence electrons. The zero-order valence-corrected chi connectivity index (χ0v) is 15.3. The van der Waals surface area contributed by atoms with Crippen LogP contribution in [-0.4, -0.2) is 92.8 Å². The molecule has 1 amide bonds. The fourth-order valence-corrected chi connectivity index (χ4v) is 3.33. The predicted molar refractivity (Wildman–Crippen MR) is 96.4 cm³/mol. The Hall–Kier alpha value is -1.50. The summed E-state index contributed by atoms with van der Waals surface area (Å²) in [7, 11) is 1.83. The Morgan fingerprint density at radius 1 is 1.00 bits per heavy atom. The van der Waals surface area contributed by atoms with Crippen LogP contribution < -0.4 is 5.32 Å². The predicted octanol–water partition coefficient (Wildman–Crippen LogP) is 1.21. The van der Waals surface area contributed by atoms with Crippen LogP contribution in [0.3, 0.4) is 0 Å². The van der Waals surface area contributed by atoms with Crippen LogP contribution in [-0.2, 0) is 4.74 Å². The zero-order chi connectivity index (χ0) is 17.2. The van der Waals surface area contributed by atoms with Gasteiger partial charge in [0.25, 0.3) is 0 Å². The summed E-state index contributed by atoms with van der Waals surface area (Å²) < 4.78 is 5.06. The lowest BCUT2D eigenvalue weighted by Crippen LogP contribution is -2.54. The molecule has 0 aromatic carbocycles. The van der Waals surface area contributed by atoms with Crippen molar-refractivity contribution in [2.75, 3.05) is 66.0 Å². The van der Waals surface area contributed by atoms with E-state index in [-0.39, 0.29) is 6.09 Å². The van der Waals surface area contributed by atoms with E-state index >= 15 is 0 Å². The number of likely N-dealkylation sites (tertiary alicyclic amines) is 1. The maximum atomic E-state index is 11.8. The first kappa shape index (κ1) is 18.8. The van der Waals surface area contributed by atoms with E-state index in [1.165, 1.54) is 38.8 Å². The number of rotatable bonds is 4. The van der Waals surface area contributed by atoms with Crippen LogP contribution in [0.2, 0.25) is 0 Å². The van der Waals surface area contributed by atoms with Crippen LogP contribution in [0.4, 0.5) is 4.79 Å². The van der Waals surface area contributed by atoms with E-state index in [1.54, 1.807) is 4.90 Å². The van der Waals surface area contributed by atoms with Gasteiger partial charge in [-0.15, -0.1) is 0 Å². The van der Waals surface area contributed by atoms with Crippen molar-refractivity contribution in [2.24, 2.45) is 4.99 Å². The fourth-order valence-electron chi connectivity index (χ4n) is 3.33. The summed E-state index contributed by atoms with van der Waals surface area (Å²) in [5.74, 6) is 0.938. The third kappa shape index (κ3) is 5.85. The van der Waals surface area contributed by atoms with E-state index in [0.29, 0.717) is 19.7 Å². The topological polar surface area (TPSA) is 60.4 Å². The first-order valence-corrected chi connectivity index (χ1v) is 9.34. The van der Waals surface area contributed by atoms with Crippen LogP contribution in [0.1, 0.15) is 32.6 Å². The fraction of sp³-hybridized carbons (Fsp3) is 0.882. The van der Waals surface area contributed by atoms with Gasteiger partial charge in [0.1, 0.15) is 0 Å². The highest BCUT2D eigenvalue weighted by Gasteiger charge is 2.23. The second kappa shape index (κ2) is 10.4. The highest BCUT2D eigenvalue weighted by atomic mass is 16.6. The van der Waals surface area contributed by atoms with Gasteiger partial charge in [0.2, 0.25) is 0 Å². The molecule has 0 saturated carbocycles. The second-order valence-corrected chi connectivity index (χ2v) is 6.40. The number of amides is 1. The number of nitrogens with one attached hydrogen (secondary N) is 1. The minimum atomic E-state index is -0.207. The van der Waals surface area contributed by atoms with E-state index in [1.807, 2.05) is 14.0 Å². The first-order chi connectivity index (χ1) is 11.7. The zero-order valence-electron chi connectivity index (χ0n) is 15.3. The number of aliphatic imine (C=N–C) groups is 1. The van der Waals surface area contributed by atoms with Crippen molar-refractivity contribution < 1.29 is 9.53 Å². The van der Waals surface area contributed by atoms with Gasteiger partial charge in [-0.1, -0.05) is 12.8 Å². The molecule has 2 rings (SSSR count). The van der Waals surface area contributed by atoms with Crippen molar-refractivity contribution in [3.05, 3.63) is 0 Å². The molecule has 2 aliphatic heterocycles. The molecule has 0 radical (unpaired) electrons. The molecule has 0 unspecified atom stereocenters. The van der Waals surface area contributed by atoms with Crippen molar-refractivity contribution in [3.63, 3.8) is 0 Å². The minimum absolute atomic E-state index is 0.207. The van der Waals surface area contributed by atoms with E-state index < -0.39 is 0 Å². The van der Waals surface area contributed by atoms with Gasteiger partial charge in [-0.3, -0.25) is 4.99 Å². The first-order valence-electron chi connectivity index (χ1n) is 9.34. The molecule has 7 heteroatoms. The highest BCUT2D eigenvalue weighted by Crippen LogP contribution is 2.09. The monoisotopic (exact) mass is 339 g/mol. The molecule has 2 fully saturated rings. The molecule has 1 N–H and O–H groups in total. The lowest BCUT2D eigenvalue weighted by molar-refractivity contribution is 0.0914. The number of carbonyl (C=O) groups is 1. The molecule has 0 spiro atoms. The van der Waals surface area contributed by atoms with Crippen LogP contribution in [0.5, 0.6) is 0 Å². The Morgan fingerprint density at radius 2 is 1.62 bits per heavy atom. The Bertz CT molecular complexity index is 400. The van der Waals surface area contributed by atoms with Gasteiger partial charge >= 0.3 is 6.09 Å². The summed E-state index contributed by atoms with van der Waals surface area (Å²) in [6, 6.07) is 0. The molecule has 2 saturated heterocycles. The highest BCUT2D eigenvalue weighted by molar-refractivity contribution is 5.80. The van der Waals surface area contributed by atoms with Crippen molar-refractivity contribution >= 4 is 12.1 Å². The number of guanidine groups is 1. The minimum Gasteiger partial charge on any atom is -0.450 e. The number of hydrogen-bond acceptors (Lipinski definition) is 4. The van der Waals surface area contributed by atoms with Gasteiger partial charge in [0.15, 0.2) is 5.96 Å². The quantitative estimate of drug-likeness (QED) is 0.616. The van der Waals surface area contributed by atoms with Crippen LogP contribution >= 0.6 is 0 Å². The summed E-state index contributed by atoms with van der Waals surface area (Å²) in [6.45, 7) is 9.66. The third-order valence-electron chi connectivity index (χ3n) is 4.73. The van der Waals surface area contributed by atoms with E-state index in [0.717, 1.165) is 32.1 Å². The average Bonchev–Trinajstić information content (AvgIpc) is 2.88. The normalized spacial score (nSPS) is 20.7. The maximum Gasteiger partial charge on any atom is 0.409 e. The summed E-state index contributed by atoms with van der Waals surface area (Å²) in [6.07, 6.45) is 5.18. The molecular formula is C17H33N5O2. The number of ether oxygens (including phenoxy) is 1. The van der Waals surface area contributed by atoms with Crippen LogP contribution in [0, 0.1) is 0 Å². The third-order valence-corrected chi connectivity index (χ3v) is 4.73. The SMILES string of the molecule is CCOC(=O)N1CCN(C(=NC)NCCN2CCCCCC2)CC1. The van der Waals surface area contributed by atoms with Gasteiger partial charge < -0.3 is 24.8 Å². The lowest BCUT2D eigenvalue weighted by atomic mass is 10.2.